The molecule has 0 amide bonds. The number of benzene rings is 1. The third-order valence-electron chi connectivity index (χ3n) is 3.47. The van der Waals surface area contributed by atoms with Crippen LogP contribution in [0.2, 0.25) is 0 Å². The van der Waals surface area contributed by atoms with Crippen LogP contribution in [-0.4, -0.2) is 40.1 Å². The number of Topliss-reactive ketones (excluding diaryl/α,β-unsaturated/α-hetero) is 2. The Morgan fingerprint density at radius 1 is 1.15 bits per heavy atom. The first-order chi connectivity index (χ1) is 9.49. The van der Waals surface area contributed by atoms with Gasteiger partial charge in [-0.1, -0.05) is 12.1 Å². The number of rotatable bonds is 1. The van der Waals surface area contributed by atoms with Crippen molar-refractivity contribution in [3.05, 3.63) is 46.4 Å². The topological polar surface area (TPSA) is 104 Å². The molecule has 2 aliphatic carbocycles. The van der Waals surface area contributed by atoms with E-state index < -0.39 is 29.2 Å². The number of carbonyl (C=O) groups is 2. The third-order valence-corrected chi connectivity index (χ3v) is 3.47. The number of allylic oxidation sites excluding steroid dienone is 1. The summed E-state index contributed by atoms with van der Waals surface area (Å²) in [7, 11) is 1.39. The molecule has 20 heavy (non-hydrogen) atoms. The molecule has 0 aliphatic heterocycles. The molecule has 3 N–H and O–H groups in total. The second-order valence-electron chi connectivity index (χ2n) is 4.46. The Morgan fingerprint density at radius 3 is 2.50 bits per heavy atom. The fourth-order valence-electron chi connectivity index (χ4n) is 2.54. The lowest BCUT2D eigenvalue weighted by molar-refractivity contribution is -0.124. The van der Waals surface area contributed by atoms with Gasteiger partial charge < -0.3 is 20.1 Å². The summed E-state index contributed by atoms with van der Waals surface area (Å²) in [5.74, 6) is -3.02. The molecule has 1 aromatic rings. The molecule has 1 atom stereocenters. The number of carbonyl (C=O) groups excluding carboxylic acids is 2. The Morgan fingerprint density at radius 2 is 1.85 bits per heavy atom. The van der Waals surface area contributed by atoms with E-state index in [2.05, 4.69) is 0 Å². The van der Waals surface area contributed by atoms with Gasteiger partial charge in [-0.3, -0.25) is 9.59 Å². The van der Waals surface area contributed by atoms with Crippen molar-refractivity contribution in [2.75, 3.05) is 7.11 Å². The van der Waals surface area contributed by atoms with E-state index in [1.807, 2.05) is 0 Å². The molecule has 0 heterocycles. The Kier molecular flexibility index (Phi) is 2.45. The summed E-state index contributed by atoms with van der Waals surface area (Å²) in [6.07, 6.45) is -1.79. The van der Waals surface area contributed by atoms with Crippen molar-refractivity contribution < 1.29 is 29.6 Å². The number of methoxy groups -OCH3 is 1. The third kappa shape index (κ3) is 1.31. The van der Waals surface area contributed by atoms with Crippen LogP contribution in [0.15, 0.2) is 35.3 Å². The van der Waals surface area contributed by atoms with Gasteiger partial charge in [0.1, 0.15) is 11.9 Å². The van der Waals surface area contributed by atoms with Gasteiger partial charge in [-0.15, -0.1) is 0 Å². The SMILES string of the molecule is COc1cccc2c1C1=C(C2=O)C(O)C(=O)C(O)=C1O. The quantitative estimate of drug-likeness (QED) is 0.703. The van der Waals surface area contributed by atoms with Crippen molar-refractivity contribution in [2.45, 2.75) is 6.10 Å². The number of aliphatic hydroxyl groups excluding tert-OH is 3. The van der Waals surface area contributed by atoms with Gasteiger partial charge in [-0.2, -0.15) is 0 Å². The van der Waals surface area contributed by atoms with Crippen molar-refractivity contribution in [3.8, 4) is 5.75 Å². The van der Waals surface area contributed by atoms with Crippen LogP contribution in [0, 0.1) is 0 Å². The van der Waals surface area contributed by atoms with Crippen molar-refractivity contribution in [1.29, 1.82) is 0 Å². The van der Waals surface area contributed by atoms with Crippen LogP contribution in [-0.2, 0) is 4.79 Å². The van der Waals surface area contributed by atoms with E-state index in [1.165, 1.54) is 13.2 Å². The maximum Gasteiger partial charge on any atom is 0.234 e. The summed E-state index contributed by atoms with van der Waals surface area (Å²) < 4.78 is 5.13. The Hall–Kier alpha value is -2.60. The zero-order valence-corrected chi connectivity index (χ0v) is 10.4. The van der Waals surface area contributed by atoms with Gasteiger partial charge in [0.05, 0.1) is 7.11 Å². The highest BCUT2D eigenvalue weighted by Crippen LogP contribution is 2.45. The predicted molar refractivity (Wildman–Crippen MR) is 67.5 cm³/mol. The molecule has 6 heteroatoms. The van der Waals surface area contributed by atoms with Crippen LogP contribution >= 0.6 is 0 Å². The maximum absolute atomic E-state index is 12.3. The minimum atomic E-state index is -1.79. The molecule has 0 fully saturated rings. The first kappa shape index (κ1) is 12.4. The molecule has 0 spiro atoms. The van der Waals surface area contributed by atoms with Crippen LogP contribution < -0.4 is 4.74 Å². The Balaban J connectivity index is 2.38. The van der Waals surface area contributed by atoms with E-state index in [0.29, 0.717) is 5.75 Å². The lowest BCUT2D eigenvalue weighted by Gasteiger charge is -2.19. The van der Waals surface area contributed by atoms with Crippen molar-refractivity contribution in [2.24, 2.45) is 0 Å². The molecule has 0 aromatic heterocycles. The smallest absolute Gasteiger partial charge is 0.234 e. The zero-order chi connectivity index (χ0) is 14.6. The summed E-state index contributed by atoms with van der Waals surface area (Å²) in [6, 6.07) is 4.66. The van der Waals surface area contributed by atoms with Crippen molar-refractivity contribution >= 4 is 17.1 Å². The number of hydrogen-bond donors (Lipinski definition) is 3. The lowest BCUT2D eigenvalue weighted by atomic mass is 9.91. The Bertz CT molecular complexity index is 725. The molecule has 102 valence electrons. The standard InChI is InChI=1S/C14H10O6/c1-20-6-4-2-3-5-7(6)8-9(10(5)15)12(17)14(19)13(18)11(8)16/h2-4,12,16-18H,1H3. The number of ketones is 2. The molecule has 0 saturated carbocycles. The van der Waals surface area contributed by atoms with Gasteiger partial charge in [0.25, 0.3) is 0 Å². The first-order valence-corrected chi connectivity index (χ1v) is 5.80. The minimum absolute atomic E-state index is 0.0490. The van der Waals surface area contributed by atoms with Gasteiger partial charge in [-0.25, -0.2) is 0 Å². The molecular formula is C14H10O6. The average Bonchev–Trinajstić information content (AvgIpc) is 2.76. The molecule has 1 unspecified atom stereocenters. The monoisotopic (exact) mass is 274 g/mol. The average molecular weight is 274 g/mol. The van der Waals surface area contributed by atoms with Gasteiger partial charge in [-0.05, 0) is 6.07 Å². The number of fused-ring (bicyclic) bond motifs is 2. The normalized spacial score (nSPS) is 21.2. The summed E-state index contributed by atoms with van der Waals surface area (Å²) in [4.78, 5) is 23.9. The van der Waals surface area contributed by atoms with Crippen LogP contribution in [0.1, 0.15) is 15.9 Å². The molecule has 0 bridgehead atoms. The van der Waals surface area contributed by atoms with Crippen molar-refractivity contribution in [1.82, 2.24) is 0 Å². The summed E-state index contributed by atoms with van der Waals surface area (Å²) in [6.45, 7) is 0. The van der Waals surface area contributed by atoms with Crippen LogP contribution in [0.25, 0.3) is 5.57 Å². The fraction of sp³-hybridized carbons (Fsp3) is 0.143. The van der Waals surface area contributed by atoms with Gasteiger partial charge in [0.2, 0.25) is 11.5 Å². The fourth-order valence-corrected chi connectivity index (χ4v) is 2.54. The van der Waals surface area contributed by atoms with E-state index in [-0.39, 0.29) is 22.3 Å². The number of ether oxygens (including phenoxy) is 1. The van der Waals surface area contributed by atoms with Gasteiger partial charge >= 0.3 is 0 Å². The second-order valence-corrected chi connectivity index (χ2v) is 4.46. The highest BCUT2D eigenvalue weighted by atomic mass is 16.5. The molecular weight excluding hydrogens is 264 g/mol. The van der Waals surface area contributed by atoms with E-state index in [0.717, 1.165) is 0 Å². The van der Waals surface area contributed by atoms with Gasteiger partial charge in [0, 0.05) is 22.3 Å². The predicted octanol–water partition coefficient (Wildman–Crippen LogP) is 0.916. The molecule has 3 rings (SSSR count). The van der Waals surface area contributed by atoms with E-state index >= 15 is 0 Å². The molecule has 6 nitrogen and oxygen atoms in total. The lowest BCUT2D eigenvalue weighted by Crippen LogP contribution is -2.31. The summed E-state index contributed by atoms with van der Waals surface area (Å²) in [5, 5.41) is 29.4. The molecule has 2 aliphatic rings. The molecule has 0 saturated heterocycles. The highest BCUT2D eigenvalue weighted by Gasteiger charge is 2.45. The minimum Gasteiger partial charge on any atom is -0.504 e. The molecule has 1 aromatic carbocycles. The van der Waals surface area contributed by atoms with Crippen LogP contribution in [0.5, 0.6) is 5.75 Å². The first-order valence-electron chi connectivity index (χ1n) is 5.80. The van der Waals surface area contributed by atoms with Crippen LogP contribution in [0.3, 0.4) is 0 Å². The molecule has 0 radical (unpaired) electrons. The highest BCUT2D eigenvalue weighted by molar-refractivity contribution is 6.29. The number of aliphatic hydroxyl groups is 3. The largest absolute Gasteiger partial charge is 0.504 e. The van der Waals surface area contributed by atoms with E-state index in [4.69, 9.17) is 4.74 Å². The summed E-state index contributed by atoms with van der Waals surface area (Å²) >= 11 is 0. The van der Waals surface area contributed by atoms with Gasteiger partial charge in [0.15, 0.2) is 11.5 Å². The number of hydrogen-bond acceptors (Lipinski definition) is 6. The van der Waals surface area contributed by atoms with E-state index in [9.17, 15) is 24.9 Å². The van der Waals surface area contributed by atoms with E-state index in [1.54, 1.807) is 12.1 Å². The van der Waals surface area contributed by atoms with Crippen molar-refractivity contribution in [3.63, 3.8) is 0 Å². The summed E-state index contributed by atoms with van der Waals surface area (Å²) in [5.41, 5.74) is 0.199. The Labute approximate surface area is 113 Å². The van der Waals surface area contributed by atoms with Crippen LogP contribution in [0.4, 0.5) is 0 Å². The second kappa shape index (κ2) is 3.94. The maximum atomic E-state index is 12.3. The zero-order valence-electron chi connectivity index (χ0n) is 10.4.